The summed E-state index contributed by atoms with van der Waals surface area (Å²) in [6, 6.07) is -0.816. The van der Waals surface area contributed by atoms with Gasteiger partial charge < -0.3 is 25.5 Å². The molecule has 0 rings (SSSR count). The van der Waals surface area contributed by atoms with Gasteiger partial charge in [0.15, 0.2) is 0 Å². The monoisotopic (exact) mass is 241 g/mol. The Hall–Kier alpha value is 0.890. The largest absolute Gasteiger partial charge is 1.00 e. The number of hydrogen-bond acceptors (Lipinski definition) is 5. The van der Waals surface area contributed by atoms with E-state index in [1.807, 2.05) is 0 Å². The van der Waals surface area contributed by atoms with Gasteiger partial charge in [-0.15, -0.1) is 0 Å². The number of carboxylic acids is 1. The van der Waals surface area contributed by atoms with Gasteiger partial charge in [-0.2, -0.15) is 12.6 Å². The van der Waals surface area contributed by atoms with Gasteiger partial charge in [-0.3, -0.25) is 9.36 Å². The molecule has 10 heteroatoms. The molecule has 0 aliphatic heterocycles. The van der Waals surface area contributed by atoms with Crippen LogP contribution in [0.15, 0.2) is 0 Å². The van der Waals surface area contributed by atoms with Crippen LogP contribution in [0.4, 0.5) is 0 Å². The molecule has 1 atom stereocenters. The van der Waals surface area contributed by atoms with Crippen molar-refractivity contribution in [2.24, 2.45) is 5.73 Å². The Balaban J connectivity index is -0.000000150. The molecule has 0 aliphatic rings. The summed E-state index contributed by atoms with van der Waals surface area (Å²) in [7, 11) is -4.89. The summed E-state index contributed by atoms with van der Waals surface area (Å²) in [5.41, 5.74) is 4.94. The zero-order chi connectivity index (χ0) is 10.4. The van der Waals surface area contributed by atoms with E-state index >= 15 is 0 Å². The van der Waals surface area contributed by atoms with Crippen LogP contribution in [0.1, 0.15) is 0 Å². The number of hydrogen-bond donors (Lipinski definition) is 5. The number of carbonyl (C=O) groups is 1. The average Bonchev–Trinajstić information content (AvgIpc) is 1.82. The number of rotatable bonds is 2. The minimum atomic E-state index is -4.89. The first-order valence-corrected chi connectivity index (χ1v) is 4.70. The van der Waals surface area contributed by atoms with E-state index in [1.54, 1.807) is 0 Å². The molecule has 13 heavy (non-hydrogen) atoms. The van der Waals surface area contributed by atoms with Crippen molar-refractivity contribution in [3.8, 4) is 0 Å². The first-order chi connectivity index (χ1) is 5.18. The molecule has 0 bridgehead atoms. The van der Waals surface area contributed by atoms with E-state index in [9.17, 15) is 4.79 Å². The third-order valence-corrected chi connectivity index (χ3v) is 0.907. The number of carboxylic acid groups (broad SMARTS) is 1. The summed E-state index contributed by atoms with van der Waals surface area (Å²) >= 11 is 3.65. The van der Waals surface area contributed by atoms with Crippen LogP contribution in [0.5, 0.6) is 0 Å². The van der Waals surface area contributed by atoms with E-state index in [0.29, 0.717) is 0 Å². The van der Waals surface area contributed by atoms with Gasteiger partial charge in [0.25, 0.3) is 7.82 Å². The molecule has 0 saturated carbocycles. The molecule has 0 spiro atoms. The fourth-order valence-corrected chi connectivity index (χ4v) is 0.234. The zero-order valence-electron chi connectivity index (χ0n) is 6.82. The van der Waals surface area contributed by atoms with Gasteiger partial charge in [0, 0.05) is 5.75 Å². The van der Waals surface area contributed by atoms with Crippen LogP contribution >= 0.6 is 20.5 Å². The molecule has 0 heterocycles. The number of thiol groups is 1. The quantitative estimate of drug-likeness (QED) is 0.184. The smallest absolute Gasteiger partial charge is 0.756 e. The van der Waals surface area contributed by atoms with Crippen molar-refractivity contribution < 1.29 is 58.7 Å². The minimum absolute atomic E-state index is 0. The van der Waals surface area contributed by atoms with Gasteiger partial charge >= 0.3 is 35.5 Å². The van der Waals surface area contributed by atoms with Crippen molar-refractivity contribution in [2.75, 3.05) is 5.75 Å². The Morgan fingerprint density at radius 2 is 1.85 bits per heavy atom. The summed E-state index contributed by atoms with van der Waals surface area (Å²) in [5.74, 6) is -0.815. The molecule has 0 amide bonds. The Labute approximate surface area is 102 Å². The predicted octanol–water partition coefficient (Wildman–Crippen LogP) is -5.23. The number of nitrogens with two attached hydrogens (primary N) is 1. The second-order valence-electron chi connectivity index (χ2n) is 1.62. The zero-order valence-corrected chi connectivity index (χ0v) is 10.6. The van der Waals surface area contributed by atoms with Crippen LogP contribution in [-0.2, 0) is 9.36 Å². The van der Waals surface area contributed by atoms with Crippen LogP contribution in [-0.4, -0.2) is 32.7 Å². The first kappa shape index (κ1) is 19.5. The van der Waals surface area contributed by atoms with Crippen LogP contribution in [0.2, 0.25) is 0 Å². The summed E-state index contributed by atoms with van der Waals surface area (Å²) in [4.78, 5) is 32.7. The Morgan fingerprint density at radius 3 is 1.85 bits per heavy atom. The normalized spacial score (nSPS) is 11.8. The first-order valence-electron chi connectivity index (χ1n) is 2.54. The second-order valence-corrected chi connectivity index (χ2v) is 2.96. The Bertz CT molecular complexity index is 176. The molecule has 5 N–H and O–H groups in total. The summed E-state index contributed by atoms with van der Waals surface area (Å²) < 4.78 is 8.77. The van der Waals surface area contributed by atoms with E-state index in [1.165, 1.54) is 0 Å². The fourth-order valence-electron chi connectivity index (χ4n) is 0.0781. The number of phosphoric acid groups is 1. The van der Waals surface area contributed by atoms with Crippen LogP contribution in [0.3, 0.4) is 0 Å². The van der Waals surface area contributed by atoms with Crippen molar-refractivity contribution in [1.29, 1.82) is 0 Å². The van der Waals surface area contributed by atoms with Crippen molar-refractivity contribution in [3.63, 3.8) is 0 Å². The third-order valence-electron chi connectivity index (χ3n) is 0.514. The maximum atomic E-state index is 9.76. The Kier molecular flexibility index (Phi) is 14.1. The molecule has 0 saturated heterocycles. The molecule has 0 unspecified atom stereocenters. The molecule has 7 nitrogen and oxygen atoms in total. The van der Waals surface area contributed by atoms with Crippen molar-refractivity contribution >= 4 is 26.4 Å². The summed E-state index contributed by atoms with van der Waals surface area (Å²) in [5, 5.41) is 8.01. The van der Waals surface area contributed by atoms with Crippen LogP contribution < -0.4 is 40.2 Å². The third kappa shape index (κ3) is 32.2. The molecule has 74 valence electrons. The van der Waals surface area contributed by atoms with E-state index in [0.717, 1.165) is 0 Å². The molecule has 0 aromatic heterocycles. The fraction of sp³-hybridized carbons (Fsp3) is 0.667. The average molecular weight is 241 g/mol. The maximum absolute atomic E-state index is 9.76. The van der Waals surface area contributed by atoms with Crippen molar-refractivity contribution in [3.05, 3.63) is 0 Å². The van der Waals surface area contributed by atoms with Gasteiger partial charge in [0.2, 0.25) is 0 Å². The van der Waals surface area contributed by atoms with Gasteiger partial charge in [-0.25, -0.2) is 0 Å². The molecule has 0 aromatic carbocycles. The molecule has 0 aromatic rings. The summed E-state index contributed by atoms with van der Waals surface area (Å²) in [6.07, 6.45) is 0. The minimum Gasteiger partial charge on any atom is -0.756 e. The van der Waals surface area contributed by atoms with Crippen LogP contribution in [0.25, 0.3) is 0 Å². The number of aliphatic carboxylic acids is 1. The molecule has 0 fully saturated rings. The van der Waals surface area contributed by atoms with E-state index in [4.69, 9.17) is 30.1 Å². The molecular formula is C3H9NNaO6PS. The topological polar surface area (TPSA) is 144 Å². The van der Waals surface area contributed by atoms with Crippen LogP contribution in [0, 0.1) is 0 Å². The molecule has 0 radical (unpaired) electrons. The van der Waals surface area contributed by atoms with Gasteiger partial charge in [-0.05, 0) is 0 Å². The van der Waals surface area contributed by atoms with Gasteiger partial charge in [0.1, 0.15) is 6.04 Å². The van der Waals surface area contributed by atoms with E-state index in [2.05, 4.69) is 12.6 Å². The standard InChI is InChI=1S/C3H7NO2S.Na.H3O4P/c4-2(1-7)3(5)6;;1-5(2,3)4/h2,7H,1,4H2,(H,5,6);;(H3,1,2,3,4)/q;+1;/p-1/t2-;;/m0../s1. The maximum Gasteiger partial charge on any atom is 1.00 e. The van der Waals surface area contributed by atoms with E-state index < -0.39 is 19.8 Å². The second kappa shape index (κ2) is 9.45. The van der Waals surface area contributed by atoms with Gasteiger partial charge in [0.05, 0.1) is 0 Å². The molecular weight excluding hydrogens is 232 g/mol. The SMILES string of the molecule is N[C@@H](CS)C(=O)O.O=P([O-])(O)O.[Na+]. The van der Waals surface area contributed by atoms with E-state index in [-0.39, 0.29) is 35.3 Å². The predicted molar refractivity (Wildman–Crippen MR) is 41.5 cm³/mol. The van der Waals surface area contributed by atoms with Gasteiger partial charge in [-0.1, -0.05) is 0 Å². The molecule has 0 aliphatic carbocycles. The van der Waals surface area contributed by atoms with Crippen molar-refractivity contribution in [1.82, 2.24) is 0 Å². The van der Waals surface area contributed by atoms with Crippen molar-refractivity contribution in [2.45, 2.75) is 6.04 Å². The summed E-state index contributed by atoms with van der Waals surface area (Å²) in [6.45, 7) is 0. The Morgan fingerprint density at radius 1 is 1.62 bits per heavy atom.